The number of thiazole rings is 1. The molecule has 0 radical (unpaired) electrons. The normalized spacial score (nSPS) is 11.6. The van der Waals surface area contributed by atoms with E-state index in [0.29, 0.717) is 18.1 Å². The number of hydrogen-bond acceptors (Lipinski definition) is 5. The summed E-state index contributed by atoms with van der Waals surface area (Å²) in [6.07, 6.45) is -4.73. The molecular formula is C16H21F3IN5OS. The van der Waals surface area contributed by atoms with Crippen LogP contribution in [-0.2, 0) is 13.1 Å². The molecule has 27 heavy (non-hydrogen) atoms. The maximum Gasteiger partial charge on any atom is 0.573 e. The van der Waals surface area contributed by atoms with Gasteiger partial charge >= 0.3 is 6.36 Å². The first-order valence-electron chi connectivity index (χ1n) is 7.68. The minimum Gasteiger partial charge on any atom is -0.405 e. The van der Waals surface area contributed by atoms with Crippen LogP contribution in [0.2, 0.25) is 0 Å². The summed E-state index contributed by atoms with van der Waals surface area (Å²) in [7, 11) is 5.41. The Bertz CT molecular complexity index is 752. The number of guanidine groups is 1. The van der Waals surface area contributed by atoms with Gasteiger partial charge in [0.2, 0.25) is 0 Å². The van der Waals surface area contributed by atoms with Crippen LogP contribution in [0.3, 0.4) is 0 Å². The molecule has 0 spiro atoms. The predicted molar refractivity (Wildman–Crippen MR) is 112 cm³/mol. The molecule has 0 atom stereocenters. The fraction of sp³-hybridized carbons (Fsp3) is 0.375. The van der Waals surface area contributed by atoms with Crippen LogP contribution < -0.4 is 20.3 Å². The molecule has 1 aromatic heterocycles. The summed E-state index contributed by atoms with van der Waals surface area (Å²) in [5.41, 5.74) is 1.22. The molecule has 0 aliphatic rings. The highest BCUT2D eigenvalue weighted by atomic mass is 127. The lowest BCUT2D eigenvalue weighted by molar-refractivity contribution is -0.274. The number of aliphatic imine (C=N–C) groups is 1. The van der Waals surface area contributed by atoms with Gasteiger partial charge in [0.1, 0.15) is 5.75 Å². The van der Waals surface area contributed by atoms with Crippen molar-refractivity contribution in [3.63, 3.8) is 0 Å². The van der Waals surface area contributed by atoms with E-state index in [1.165, 1.54) is 23.5 Å². The van der Waals surface area contributed by atoms with Crippen LogP contribution in [0, 0.1) is 0 Å². The number of ether oxygens (including phenoxy) is 1. The van der Waals surface area contributed by atoms with Gasteiger partial charge in [-0.05, 0) is 6.07 Å². The Morgan fingerprint density at radius 2 is 1.89 bits per heavy atom. The molecule has 2 rings (SSSR count). The Hall–Kier alpha value is -1.76. The van der Waals surface area contributed by atoms with Gasteiger partial charge in [0.25, 0.3) is 0 Å². The van der Waals surface area contributed by atoms with Crippen molar-refractivity contribution in [3.05, 3.63) is 40.9 Å². The third-order valence-corrected chi connectivity index (χ3v) is 4.28. The number of anilines is 1. The van der Waals surface area contributed by atoms with E-state index in [1.54, 1.807) is 19.2 Å². The standard InChI is InChI=1S/C16H20F3N5OS.HI/c1-20-14(22-9-12-10-26-15(23-12)24(2)3)21-8-11-6-4-5-7-13(11)25-16(17,18)19;/h4-7,10H,8-9H2,1-3H3,(H2,20,21,22);1H. The van der Waals surface area contributed by atoms with E-state index in [4.69, 9.17) is 0 Å². The molecular weight excluding hydrogens is 494 g/mol. The summed E-state index contributed by atoms with van der Waals surface area (Å²) < 4.78 is 41.4. The quantitative estimate of drug-likeness (QED) is 0.350. The minimum absolute atomic E-state index is 0. The van der Waals surface area contributed by atoms with E-state index in [2.05, 4.69) is 25.3 Å². The predicted octanol–water partition coefficient (Wildman–Crippen LogP) is 3.59. The van der Waals surface area contributed by atoms with Gasteiger partial charge in [0.15, 0.2) is 11.1 Å². The fourth-order valence-corrected chi connectivity index (χ4v) is 2.79. The highest BCUT2D eigenvalue weighted by Crippen LogP contribution is 2.26. The van der Waals surface area contributed by atoms with Gasteiger partial charge < -0.3 is 20.3 Å². The summed E-state index contributed by atoms with van der Waals surface area (Å²) in [4.78, 5) is 10.4. The van der Waals surface area contributed by atoms with E-state index in [1.807, 2.05) is 24.4 Å². The lowest BCUT2D eigenvalue weighted by Gasteiger charge is -2.15. The second kappa shape index (κ2) is 10.5. The zero-order valence-corrected chi connectivity index (χ0v) is 18.1. The average Bonchev–Trinajstić information content (AvgIpc) is 3.04. The molecule has 1 aromatic carbocycles. The Balaban J connectivity index is 0.00000364. The molecule has 0 amide bonds. The van der Waals surface area contributed by atoms with Crippen molar-refractivity contribution in [3.8, 4) is 5.75 Å². The third-order valence-electron chi connectivity index (χ3n) is 3.23. The highest BCUT2D eigenvalue weighted by molar-refractivity contribution is 14.0. The zero-order valence-electron chi connectivity index (χ0n) is 15.0. The van der Waals surface area contributed by atoms with Crippen molar-refractivity contribution in [2.24, 2.45) is 4.99 Å². The van der Waals surface area contributed by atoms with E-state index >= 15 is 0 Å². The van der Waals surface area contributed by atoms with E-state index < -0.39 is 6.36 Å². The monoisotopic (exact) mass is 515 g/mol. The molecule has 0 aliphatic carbocycles. The van der Waals surface area contributed by atoms with Crippen molar-refractivity contribution >= 4 is 46.4 Å². The van der Waals surface area contributed by atoms with Gasteiger partial charge in [-0.25, -0.2) is 4.98 Å². The second-order valence-electron chi connectivity index (χ2n) is 5.45. The fourth-order valence-electron chi connectivity index (χ4n) is 2.03. The van der Waals surface area contributed by atoms with E-state index in [9.17, 15) is 13.2 Å². The Morgan fingerprint density at radius 3 is 2.48 bits per heavy atom. The van der Waals surface area contributed by atoms with Crippen LogP contribution >= 0.6 is 35.3 Å². The van der Waals surface area contributed by atoms with Crippen LogP contribution in [0.25, 0.3) is 0 Å². The molecule has 150 valence electrons. The maximum absolute atomic E-state index is 12.5. The molecule has 0 bridgehead atoms. The summed E-state index contributed by atoms with van der Waals surface area (Å²) in [5.74, 6) is 0.212. The van der Waals surface area contributed by atoms with Crippen molar-refractivity contribution < 1.29 is 17.9 Å². The summed E-state index contributed by atoms with van der Waals surface area (Å²) in [5, 5.41) is 8.87. The molecule has 0 aliphatic heterocycles. The summed E-state index contributed by atoms with van der Waals surface area (Å²) in [6.45, 7) is 0.580. The Kier molecular flexibility index (Phi) is 9.09. The number of halogens is 4. The first kappa shape index (κ1) is 23.3. The SMILES string of the molecule is CN=C(NCc1csc(N(C)C)n1)NCc1ccccc1OC(F)(F)F.I. The highest BCUT2D eigenvalue weighted by Gasteiger charge is 2.31. The van der Waals surface area contributed by atoms with Gasteiger partial charge in [-0.15, -0.1) is 48.5 Å². The van der Waals surface area contributed by atoms with Crippen LogP contribution in [0.15, 0.2) is 34.6 Å². The Morgan fingerprint density at radius 1 is 1.22 bits per heavy atom. The summed E-state index contributed by atoms with van der Waals surface area (Å²) in [6, 6.07) is 5.97. The Labute approximate surface area is 176 Å². The van der Waals surface area contributed by atoms with E-state index in [0.717, 1.165) is 10.8 Å². The molecule has 1 heterocycles. The van der Waals surface area contributed by atoms with Crippen molar-refractivity contribution in [2.45, 2.75) is 19.5 Å². The second-order valence-corrected chi connectivity index (χ2v) is 6.29. The minimum atomic E-state index is -4.73. The zero-order chi connectivity index (χ0) is 19.2. The van der Waals surface area contributed by atoms with Crippen LogP contribution in [0.4, 0.5) is 18.3 Å². The number of nitrogens with zero attached hydrogens (tertiary/aromatic N) is 3. The number of alkyl halides is 3. The van der Waals surface area contributed by atoms with Crippen LogP contribution in [0.5, 0.6) is 5.75 Å². The summed E-state index contributed by atoms with van der Waals surface area (Å²) >= 11 is 1.53. The van der Waals surface area contributed by atoms with Crippen LogP contribution in [-0.4, -0.2) is 38.4 Å². The van der Waals surface area contributed by atoms with Crippen LogP contribution in [0.1, 0.15) is 11.3 Å². The number of rotatable bonds is 6. The lowest BCUT2D eigenvalue weighted by atomic mass is 10.2. The maximum atomic E-state index is 12.5. The molecule has 0 saturated carbocycles. The number of nitrogens with one attached hydrogen (secondary N) is 2. The molecule has 6 nitrogen and oxygen atoms in total. The number of para-hydroxylation sites is 1. The first-order valence-corrected chi connectivity index (χ1v) is 8.56. The molecule has 2 aromatic rings. The van der Waals surface area contributed by atoms with Gasteiger partial charge in [0, 0.05) is 38.6 Å². The molecule has 0 unspecified atom stereocenters. The largest absolute Gasteiger partial charge is 0.573 e. The van der Waals surface area contributed by atoms with Gasteiger partial charge in [-0.3, -0.25) is 4.99 Å². The van der Waals surface area contributed by atoms with Crippen molar-refractivity contribution in [1.82, 2.24) is 15.6 Å². The molecule has 0 saturated heterocycles. The molecule has 0 fully saturated rings. The third kappa shape index (κ3) is 7.79. The van der Waals surface area contributed by atoms with Crippen molar-refractivity contribution in [1.29, 1.82) is 0 Å². The van der Waals surface area contributed by atoms with Gasteiger partial charge in [-0.2, -0.15) is 0 Å². The molecule has 2 N–H and O–H groups in total. The topological polar surface area (TPSA) is 61.8 Å². The van der Waals surface area contributed by atoms with Crippen molar-refractivity contribution in [2.75, 3.05) is 26.0 Å². The number of aromatic nitrogens is 1. The van der Waals surface area contributed by atoms with Gasteiger partial charge in [0.05, 0.1) is 12.2 Å². The lowest BCUT2D eigenvalue weighted by Crippen LogP contribution is -2.36. The average molecular weight is 515 g/mol. The number of benzene rings is 1. The number of hydrogen-bond donors (Lipinski definition) is 2. The first-order chi connectivity index (χ1) is 12.3. The molecule has 11 heteroatoms. The van der Waals surface area contributed by atoms with E-state index in [-0.39, 0.29) is 36.3 Å². The van der Waals surface area contributed by atoms with Gasteiger partial charge in [-0.1, -0.05) is 18.2 Å². The smallest absolute Gasteiger partial charge is 0.405 e.